The molecule has 0 bridgehead atoms. The second kappa shape index (κ2) is 8.84. The molecular weight excluding hydrogens is 499 g/mol. The Kier molecular flexibility index (Phi) is 6.12. The van der Waals surface area contributed by atoms with Gasteiger partial charge in [0.05, 0.1) is 28.5 Å². The van der Waals surface area contributed by atoms with Crippen molar-refractivity contribution in [1.29, 1.82) is 0 Å². The topological polar surface area (TPSA) is 80.9 Å². The Bertz CT molecular complexity index is 1420. The molecule has 0 fully saturated rings. The van der Waals surface area contributed by atoms with Crippen LogP contribution in [0, 0.1) is 5.82 Å². The monoisotopic (exact) mass is 516 g/mol. The van der Waals surface area contributed by atoms with Crippen molar-refractivity contribution in [2.24, 2.45) is 4.99 Å². The van der Waals surface area contributed by atoms with Crippen molar-refractivity contribution >= 4 is 39.3 Å². The van der Waals surface area contributed by atoms with Gasteiger partial charge in [-0.3, -0.25) is 9.36 Å². The second-order valence-electron chi connectivity index (χ2n) is 7.06. The maximum atomic E-state index is 13.6. The Labute approximate surface area is 194 Å². The highest BCUT2D eigenvalue weighted by molar-refractivity contribution is 9.10. The highest BCUT2D eigenvalue weighted by Crippen LogP contribution is 2.31. The fourth-order valence-corrected chi connectivity index (χ4v) is 4.95. The molecule has 1 aliphatic rings. The first kappa shape index (κ1) is 22.2. The molecule has 0 unspecified atom stereocenters. The summed E-state index contributed by atoms with van der Waals surface area (Å²) < 4.78 is 21.3. The first-order chi connectivity index (χ1) is 15.3. The van der Waals surface area contributed by atoms with Gasteiger partial charge in [0.25, 0.3) is 5.56 Å². The van der Waals surface area contributed by atoms with Gasteiger partial charge in [0.15, 0.2) is 4.80 Å². The van der Waals surface area contributed by atoms with Crippen LogP contribution in [-0.2, 0) is 9.53 Å². The fourth-order valence-electron chi connectivity index (χ4n) is 3.53. The van der Waals surface area contributed by atoms with Crippen LogP contribution in [0.3, 0.4) is 0 Å². The van der Waals surface area contributed by atoms with Gasteiger partial charge in [-0.2, -0.15) is 0 Å². The van der Waals surface area contributed by atoms with Crippen LogP contribution in [0.1, 0.15) is 31.0 Å². The number of carbonyl (C=O) groups excluding carboxylic acids is 1. The zero-order valence-electron chi connectivity index (χ0n) is 17.1. The van der Waals surface area contributed by atoms with E-state index in [0.29, 0.717) is 26.2 Å². The van der Waals surface area contributed by atoms with Crippen LogP contribution in [-0.4, -0.2) is 22.2 Å². The molecule has 0 radical (unpaired) electrons. The molecule has 2 aromatic carbocycles. The van der Waals surface area contributed by atoms with Gasteiger partial charge >= 0.3 is 5.97 Å². The van der Waals surface area contributed by atoms with E-state index in [9.17, 15) is 19.1 Å². The van der Waals surface area contributed by atoms with Gasteiger partial charge < -0.3 is 9.84 Å². The zero-order chi connectivity index (χ0) is 23.0. The normalized spacial score (nSPS) is 16.0. The Balaban J connectivity index is 1.97. The van der Waals surface area contributed by atoms with Crippen molar-refractivity contribution in [2.45, 2.75) is 19.9 Å². The highest BCUT2D eigenvalue weighted by atomic mass is 79.9. The number of halogens is 2. The predicted molar refractivity (Wildman–Crippen MR) is 123 cm³/mol. The molecule has 0 saturated carbocycles. The van der Waals surface area contributed by atoms with Gasteiger partial charge in [-0.1, -0.05) is 39.4 Å². The van der Waals surface area contributed by atoms with Crippen molar-refractivity contribution in [2.75, 3.05) is 6.61 Å². The summed E-state index contributed by atoms with van der Waals surface area (Å²) in [6.07, 6.45) is 1.58. The third-order valence-corrected chi connectivity index (χ3v) is 6.46. The number of benzene rings is 2. The van der Waals surface area contributed by atoms with Crippen molar-refractivity contribution in [1.82, 2.24) is 4.57 Å². The van der Waals surface area contributed by atoms with E-state index in [1.54, 1.807) is 32.1 Å². The predicted octanol–water partition coefficient (Wildman–Crippen LogP) is 3.41. The number of phenols is 1. The molecule has 1 aliphatic heterocycles. The van der Waals surface area contributed by atoms with Gasteiger partial charge in [0, 0.05) is 10.0 Å². The fraction of sp³-hybridized carbons (Fsp3) is 0.174. The molecule has 2 heterocycles. The Morgan fingerprint density at radius 2 is 2.03 bits per heavy atom. The number of rotatable bonds is 4. The molecule has 6 nitrogen and oxygen atoms in total. The number of allylic oxidation sites excluding steroid dienone is 1. The number of phenolic OH excluding ortho intramolecular Hbond substituents is 1. The quantitative estimate of drug-likeness (QED) is 0.539. The Morgan fingerprint density at radius 3 is 2.72 bits per heavy atom. The van der Waals surface area contributed by atoms with Crippen molar-refractivity contribution in [3.8, 4) is 5.75 Å². The van der Waals surface area contributed by atoms with E-state index in [-0.39, 0.29) is 23.5 Å². The van der Waals surface area contributed by atoms with Crippen molar-refractivity contribution in [3.63, 3.8) is 0 Å². The van der Waals surface area contributed by atoms with E-state index in [0.717, 1.165) is 15.8 Å². The Hall–Kier alpha value is -3.04. The zero-order valence-corrected chi connectivity index (χ0v) is 19.5. The molecular formula is C23H18BrFN2O4S. The Morgan fingerprint density at radius 1 is 1.31 bits per heavy atom. The van der Waals surface area contributed by atoms with Gasteiger partial charge in [-0.05, 0) is 55.8 Å². The molecule has 0 amide bonds. The molecule has 164 valence electrons. The summed E-state index contributed by atoms with van der Waals surface area (Å²) in [5, 5.41) is 10.2. The minimum absolute atomic E-state index is 0.0255. The number of aromatic nitrogens is 1. The molecule has 0 saturated heterocycles. The van der Waals surface area contributed by atoms with Crippen LogP contribution in [0.15, 0.2) is 68.0 Å². The van der Waals surface area contributed by atoms with Gasteiger partial charge in [-0.15, -0.1) is 0 Å². The maximum Gasteiger partial charge on any atom is 0.338 e. The SMILES string of the molecule is CCOC(=O)C1=C(C)N=c2s/c(=C\c3cc(Br)ccc3O)c(=O)n2[C@@H]1c1ccc(F)cc1. The molecule has 1 N–H and O–H groups in total. The molecule has 1 atom stereocenters. The highest BCUT2D eigenvalue weighted by Gasteiger charge is 2.33. The second-order valence-corrected chi connectivity index (χ2v) is 8.98. The molecule has 1 aromatic heterocycles. The largest absolute Gasteiger partial charge is 0.507 e. The number of aromatic hydroxyl groups is 1. The third-order valence-electron chi connectivity index (χ3n) is 4.98. The van der Waals surface area contributed by atoms with E-state index in [2.05, 4.69) is 20.9 Å². The molecule has 3 aromatic rings. The van der Waals surface area contributed by atoms with Gasteiger partial charge in [0.2, 0.25) is 0 Å². The van der Waals surface area contributed by atoms with E-state index >= 15 is 0 Å². The number of hydrogen-bond donors (Lipinski definition) is 1. The van der Waals surface area contributed by atoms with Crippen LogP contribution in [0.4, 0.5) is 4.39 Å². The average Bonchev–Trinajstić information content (AvgIpc) is 3.05. The number of esters is 1. The van der Waals surface area contributed by atoms with Crippen LogP contribution < -0.4 is 14.9 Å². The standard InChI is InChI=1S/C23H18BrFN2O4S/c1-3-31-22(30)19-12(2)26-23-27(20(19)13-4-7-16(25)8-5-13)21(29)18(32-23)11-14-10-15(24)6-9-17(14)28/h4-11,20,28H,3H2,1-2H3/b18-11-/t20-/m1/s1. The lowest BCUT2D eigenvalue weighted by Gasteiger charge is -2.24. The van der Waals surface area contributed by atoms with Crippen molar-refractivity contribution < 1.29 is 19.0 Å². The first-order valence-corrected chi connectivity index (χ1v) is 11.3. The lowest BCUT2D eigenvalue weighted by atomic mass is 9.96. The van der Waals surface area contributed by atoms with Crippen molar-refractivity contribution in [3.05, 3.63) is 94.8 Å². The van der Waals surface area contributed by atoms with E-state index in [1.165, 1.54) is 34.9 Å². The molecule has 0 spiro atoms. The number of thiazole rings is 1. The molecule has 0 aliphatic carbocycles. The lowest BCUT2D eigenvalue weighted by molar-refractivity contribution is -0.139. The maximum absolute atomic E-state index is 13.6. The number of nitrogens with zero attached hydrogens (tertiary/aromatic N) is 2. The number of ether oxygens (including phenoxy) is 1. The number of fused-ring (bicyclic) bond motifs is 1. The summed E-state index contributed by atoms with van der Waals surface area (Å²) in [6.45, 7) is 3.54. The van der Waals surface area contributed by atoms with E-state index in [4.69, 9.17) is 4.74 Å². The summed E-state index contributed by atoms with van der Waals surface area (Å²) in [5.41, 5.74) is 1.29. The van der Waals surface area contributed by atoms with E-state index in [1.807, 2.05) is 0 Å². The third kappa shape index (κ3) is 4.05. The smallest absolute Gasteiger partial charge is 0.338 e. The van der Waals surface area contributed by atoms with E-state index < -0.39 is 17.8 Å². The number of carbonyl (C=O) groups is 1. The first-order valence-electron chi connectivity index (χ1n) is 9.73. The van der Waals surface area contributed by atoms with Gasteiger partial charge in [-0.25, -0.2) is 14.2 Å². The van der Waals surface area contributed by atoms with Crippen LogP contribution in [0.5, 0.6) is 5.75 Å². The number of hydrogen-bond acceptors (Lipinski definition) is 6. The minimum atomic E-state index is -0.816. The average molecular weight is 517 g/mol. The molecule has 32 heavy (non-hydrogen) atoms. The summed E-state index contributed by atoms with van der Waals surface area (Å²) in [5.74, 6) is -0.982. The summed E-state index contributed by atoms with van der Waals surface area (Å²) in [4.78, 5) is 31.1. The molecule has 9 heteroatoms. The summed E-state index contributed by atoms with van der Waals surface area (Å²) in [7, 11) is 0. The molecule has 4 rings (SSSR count). The van der Waals surface area contributed by atoms with Crippen LogP contribution in [0.25, 0.3) is 6.08 Å². The van der Waals surface area contributed by atoms with Crippen LogP contribution in [0.2, 0.25) is 0 Å². The minimum Gasteiger partial charge on any atom is -0.507 e. The summed E-state index contributed by atoms with van der Waals surface area (Å²) in [6, 6.07) is 9.73. The van der Waals surface area contributed by atoms with Gasteiger partial charge in [0.1, 0.15) is 11.6 Å². The van der Waals surface area contributed by atoms with Crippen LogP contribution >= 0.6 is 27.3 Å². The summed E-state index contributed by atoms with van der Waals surface area (Å²) >= 11 is 4.50. The lowest BCUT2D eigenvalue weighted by Crippen LogP contribution is -2.39.